The maximum Gasteiger partial charge on any atom is 0.255 e. The van der Waals surface area contributed by atoms with Gasteiger partial charge >= 0.3 is 0 Å². The van der Waals surface area contributed by atoms with Crippen molar-refractivity contribution in [3.05, 3.63) is 54.1 Å². The third-order valence-corrected chi connectivity index (χ3v) is 7.36. The molecular weight excluding hydrogens is 412 g/mol. The van der Waals surface area contributed by atoms with Gasteiger partial charge in [-0.3, -0.25) is 4.79 Å². The maximum absolute atomic E-state index is 12.7. The quantitative estimate of drug-likeness (QED) is 0.519. The van der Waals surface area contributed by atoms with Crippen molar-refractivity contribution in [1.82, 2.24) is 4.31 Å². The molecule has 0 aliphatic carbocycles. The number of rotatable bonds is 10. The van der Waals surface area contributed by atoms with Crippen LogP contribution in [0.5, 0.6) is 5.75 Å². The number of nitrogens with zero attached hydrogens (tertiary/aromatic N) is 1. The smallest absolute Gasteiger partial charge is 0.255 e. The highest BCUT2D eigenvalue weighted by Crippen LogP contribution is 2.22. The van der Waals surface area contributed by atoms with Crippen LogP contribution >= 0.6 is 0 Å². The summed E-state index contributed by atoms with van der Waals surface area (Å²) in [7, 11) is -3.47. The molecule has 0 radical (unpaired) electrons. The first-order valence-corrected chi connectivity index (χ1v) is 12.6. The summed E-state index contributed by atoms with van der Waals surface area (Å²) in [5, 5.41) is 2.81. The first-order valence-electron chi connectivity index (χ1n) is 11.1. The van der Waals surface area contributed by atoms with Crippen molar-refractivity contribution in [2.24, 2.45) is 0 Å². The number of anilines is 1. The number of hydrogen-bond acceptors (Lipinski definition) is 4. The fourth-order valence-electron chi connectivity index (χ4n) is 3.59. The summed E-state index contributed by atoms with van der Waals surface area (Å²) in [6, 6.07) is 13.4. The van der Waals surface area contributed by atoms with Gasteiger partial charge in [-0.05, 0) is 67.8 Å². The van der Waals surface area contributed by atoms with E-state index in [-0.39, 0.29) is 10.8 Å². The van der Waals surface area contributed by atoms with Crippen LogP contribution in [0.1, 0.15) is 62.2 Å². The van der Waals surface area contributed by atoms with Crippen LogP contribution in [0.25, 0.3) is 0 Å². The Bertz CT molecular complexity index is 935. The molecule has 31 heavy (non-hydrogen) atoms. The monoisotopic (exact) mass is 444 g/mol. The number of amides is 1. The summed E-state index contributed by atoms with van der Waals surface area (Å²) >= 11 is 0. The van der Waals surface area contributed by atoms with Crippen LogP contribution in [-0.2, 0) is 10.0 Å². The van der Waals surface area contributed by atoms with Crippen LogP contribution in [0.15, 0.2) is 53.4 Å². The number of piperidine rings is 1. The zero-order chi connectivity index (χ0) is 22.1. The van der Waals surface area contributed by atoms with Crippen LogP contribution in [0.3, 0.4) is 0 Å². The Morgan fingerprint density at radius 3 is 2.26 bits per heavy atom. The lowest BCUT2D eigenvalue weighted by Crippen LogP contribution is -2.35. The third-order valence-electron chi connectivity index (χ3n) is 5.45. The Kier molecular flexibility index (Phi) is 8.49. The minimum absolute atomic E-state index is 0.249. The number of carbonyl (C=O) groups excluding carboxylic acids is 1. The molecule has 3 rings (SSSR count). The number of carbonyl (C=O) groups is 1. The highest BCUT2D eigenvalue weighted by atomic mass is 32.2. The molecule has 1 N–H and O–H groups in total. The topological polar surface area (TPSA) is 75.7 Å². The molecule has 1 aliphatic heterocycles. The van der Waals surface area contributed by atoms with Crippen molar-refractivity contribution < 1.29 is 17.9 Å². The minimum atomic E-state index is -3.47. The number of ether oxygens (including phenoxy) is 1. The van der Waals surface area contributed by atoms with Crippen molar-refractivity contribution in [3.8, 4) is 5.75 Å². The Morgan fingerprint density at radius 2 is 1.61 bits per heavy atom. The molecule has 0 aromatic heterocycles. The van der Waals surface area contributed by atoms with Gasteiger partial charge in [0, 0.05) is 24.3 Å². The Hall–Kier alpha value is -2.38. The van der Waals surface area contributed by atoms with Crippen molar-refractivity contribution in [1.29, 1.82) is 0 Å². The number of benzene rings is 2. The van der Waals surface area contributed by atoms with Crippen molar-refractivity contribution in [2.75, 3.05) is 25.0 Å². The number of sulfonamides is 1. The van der Waals surface area contributed by atoms with Gasteiger partial charge in [0.25, 0.3) is 5.91 Å². The maximum atomic E-state index is 12.7. The predicted octanol–water partition coefficient (Wildman–Crippen LogP) is 5.07. The lowest BCUT2D eigenvalue weighted by atomic mass is 10.2. The van der Waals surface area contributed by atoms with Crippen LogP contribution in [0.2, 0.25) is 0 Å². The Balaban J connectivity index is 1.54. The van der Waals surface area contributed by atoms with Crippen LogP contribution < -0.4 is 10.1 Å². The van der Waals surface area contributed by atoms with Gasteiger partial charge in [-0.15, -0.1) is 0 Å². The zero-order valence-electron chi connectivity index (χ0n) is 18.2. The normalized spacial score (nSPS) is 14.9. The van der Waals surface area contributed by atoms with E-state index >= 15 is 0 Å². The second-order valence-corrected chi connectivity index (χ2v) is 9.81. The first kappa shape index (κ1) is 23.3. The number of hydrogen-bond donors (Lipinski definition) is 1. The van der Waals surface area contributed by atoms with Crippen LogP contribution in [-0.4, -0.2) is 38.3 Å². The standard InChI is InChI=1S/C24H32N2O4S/c1-2-3-4-8-19-30-22-13-9-20(10-14-22)24(27)25-21-11-15-23(16-12-21)31(28,29)26-17-6-5-7-18-26/h9-16H,2-8,17-19H2,1H3,(H,25,27). The van der Waals surface area contributed by atoms with Crippen molar-refractivity contribution >= 4 is 21.6 Å². The first-order chi connectivity index (χ1) is 15.0. The largest absolute Gasteiger partial charge is 0.494 e. The summed E-state index contributed by atoms with van der Waals surface area (Å²) in [6.45, 7) is 3.99. The van der Waals surface area contributed by atoms with E-state index in [4.69, 9.17) is 4.74 Å². The summed E-state index contributed by atoms with van der Waals surface area (Å²) in [5.41, 5.74) is 1.07. The highest BCUT2D eigenvalue weighted by Gasteiger charge is 2.25. The summed E-state index contributed by atoms with van der Waals surface area (Å²) < 4.78 is 32.7. The minimum Gasteiger partial charge on any atom is -0.494 e. The van der Waals surface area contributed by atoms with Gasteiger partial charge in [0.1, 0.15) is 5.75 Å². The molecule has 1 amide bonds. The van der Waals surface area contributed by atoms with E-state index < -0.39 is 10.0 Å². The molecule has 0 bridgehead atoms. The molecule has 0 spiro atoms. The molecule has 1 aliphatic rings. The van der Waals surface area contributed by atoms with Gasteiger partial charge in [0.2, 0.25) is 10.0 Å². The van der Waals surface area contributed by atoms with Crippen molar-refractivity contribution in [2.45, 2.75) is 56.8 Å². The van der Waals surface area contributed by atoms with Gasteiger partial charge < -0.3 is 10.1 Å². The molecule has 0 saturated carbocycles. The van der Waals surface area contributed by atoms with Crippen LogP contribution in [0.4, 0.5) is 5.69 Å². The van der Waals surface area contributed by atoms with E-state index in [1.165, 1.54) is 17.1 Å². The molecule has 2 aromatic carbocycles. The number of unbranched alkanes of at least 4 members (excludes halogenated alkanes) is 3. The van der Waals surface area contributed by atoms with E-state index in [0.29, 0.717) is 30.9 Å². The zero-order valence-corrected chi connectivity index (χ0v) is 19.0. The lowest BCUT2D eigenvalue weighted by molar-refractivity contribution is 0.102. The Morgan fingerprint density at radius 1 is 0.935 bits per heavy atom. The number of nitrogens with one attached hydrogen (secondary N) is 1. The van der Waals surface area contributed by atoms with Gasteiger partial charge in [-0.1, -0.05) is 32.6 Å². The van der Waals surface area contributed by atoms with E-state index in [1.54, 1.807) is 48.5 Å². The molecule has 1 fully saturated rings. The van der Waals surface area contributed by atoms with E-state index in [0.717, 1.165) is 37.9 Å². The third kappa shape index (κ3) is 6.55. The highest BCUT2D eigenvalue weighted by molar-refractivity contribution is 7.89. The molecule has 2 aromatic rings. The van der Waals surface area contributed by atoms with E-state index in [1.807, 2.05) is 0 Å². The summed E-state index contributed by atoms with van der Waals surface area (Å²) in [6.07, 6.45) is 7.47. The van der Waals surface area contributed by atoms with Gasteiger partial charge in [0.05, 0.1) is 11.5 Å². The molecule has 0 atom stereocenters. The van der Waals surface area contributed by atoms with Crippen LogP contribution in [0, 0.1) is 0 Å². The molecule has 7 heteroatoms. The molecule has 1 heterocycles. The summed E-state index contributed by atoms with van der Waals surface area (Å²) in [5.74, 6) is 0.501. The fraction of sp³-hybridized carbons (Fsp3) is 0.458. The average molecular weight is 445 g/mol. The van der Waals surface area contributed by atoms with Gasteiger partial charge in [0.15, 0.2) is 0 Å². The molecular formula is C24H32N2O4S. The molecule has 0 unspecified atom stereocenters. The second-order valence-electron chi connectivity index (χ2n) is 7.88. The van der Waals surface area contributed by atoms with E-state index in [9.17, 15) is 13.2 Å². The lowest BCUT2D eigenvalue weighted by Gasteiger charge is -2.25. The molecule has 168 valence electrons. The van der Waals surface area contributed by atoms with Gasteiger partial charge in [-0.25, -0.2) is 8.42 Å². The summed E-state index contributed by atoms with van der Waals surface area (Å²) in [4.78, 5) is 12.8. The second kappa shape index (κ2) is 11.3. The molecule has 6 nitrogen and oxygen atoms in total. The van der Waals surface area contributed by atoms with E-state index in [2.05, 4.69) is 12.2 Å². The average Bonchev–Trinajstić information content (AvgIpc) is 2.80. The van der Waals surface area contributed by atoms with Crippen molar-refractivity contribution in [3.63, 3.8) is 0 Å². The van der Waals surface area contributed by atoms with Gasteiger partial charge in [-0.2, -0.15) is 4.31 Å². The Labute approximate surface area is 185 Å². The molecule has 1 saturated heterocycles. The predicted molar refractivity (Wildman–Crippen MR) is 123 cm³/mol. The fourth-order valence-corrected chi connectivity index (χ4v) is 5.11. The SMILES string of the molecule is CCCCCCOc1ccc(C(=O)Nc2ccc(S(=O)(=O)N3CCCCC3)cc2)cc1.